The van der Waals surface area contributed by atoms with Crippen LogP contribution in [0.25, 0.3) is 0 Å². The third kappa shape index (κ3) is 6.40. The summed E-state index contributed by atoms with van der Waals surface area (Å²) < 4.78 is 5.25. The highest BCUT2D eigenvalue weighted by Gasteiger charge is 2.18. The lowest BCUT2D eigenvalue weighted by Gasteiger charge is -2.32. The molecule has 0 saturated heterocycles. The molecule has 1 N–H and O–H groups in total. The molecule has 0 heterocycles. The minimum Gasteiger partial charge on any atom is -0.383 e. The maximum Gasteiger partial charge on any atom is 0.0630 e. The third-order valence-corrected chi connectivity index (χ3v) is 3.45. The summed E-state index contributed by atoms with van der Waals surface area (Å²) in [5.74, 6) is 1.23. The van der Waals surface area contributed by atoms with Crippen molar-refractivity contribution in [3.8, 4) is 0 Å². The number of hydrogen-bond acceptors (Lipinski definition) is 4. The number of likely N-dealkylation sites (N-methyl/N-ethyl adjacent to an activating group) is 2. The molecule has 0 rings (SSSR count). The van der Waals surface area contributed by atoms with E-state index in [1.165, 1.54) is 12.2 Å². The zero-order chi connectivity index (χ0) is 11.7. The highest BCUT2D eigenvalue weighted by molar-refractivity contribution is 7.98. The van der Waals surface area contributed by atoms with E-state index < -0.39 is 0 Å². The zero-order valence-electron chi connectivity index (χ0n) is 10.7. The molecule has 0 saturated carbocycles. The Morgan fingerprint density at radius 1 is 1.47 bits per heavy atom. The van der Waals surface area contributed by atoms with Crippen molar-refractivity contribution in [1.82, 2.24) is 10.2 Å². The predicted octanol–water partition coefficient (Wildman–Crippen LogP) is 1.29. The summed E-state index contributed by atoms with van der Waals surface area (Å²) in [7, 11) is 5.94. The number of thioether (sulfide) groups is 1. The maximum absolute atomic E-state index is 5.25. The molecule has 0 fully saturated rings. The minimum atomic E-state index is 0.469. The third-order valence-electron chi connectivity index (χ3n) is 2.81. The van der Waals surface area contributed by atoms with E-state index in [-0.39, 0.29) is 0 Å². The Kier molecular flexibility index (Phi) is 9.60. The number of methoxy groups -OCH3 is 1. The SMILES string of the molecule is CNCC(COC)N(C)C(C)CCSC. The molecule has 0 aliphatic rings. The summed E-state index contributed by atoms with van der Waals surface area (Å²) in [6.45, 7) is 4.06. The van der Waals surface area contributed by atoms with Gasteiger partial charge in [0.1, 0.15) is 0 Å². The fourth-order valence-electron chi connectivity index (χ4n) is 1.60. The quantitative estimate of drug-likeness (QED) is 0.650. The first-order chi connectivity index (χ1) is 7.17. The van der Waals surface area contributed by atoms with E-state index in [1.807, 2.05) is 18.8 Å². The molecule has 3 nitrogen and oxygen atoms in total. The number of nitrogens with one attached hydrogen (secondary N) is 1. The summed E-state index contributed by atoms with van der Waals surface area (Å²) in [5, 5.41) is 3.22. The molecule has 0 aromatic rings. The van der Waals surface area contributed by atoms with Crippen molar-refractivity contribution in [3.63, 3.8) is 0 Å². The highest BCUT2D eigenvalue weighted by Crippen LogP contribution is 2.09. The van der Waals surface area contributed by atoms with Gasteiger partial charge in [-0.3, -0.25) is 4.90 Å². The Bertz CT molecular complexity index is 141. The molecule has 0 aliphatic heterocycles. The monoisotopic (exact) mass is 234 g/mol. The van der Waals surface area contributed by atoms with Crippen LogP contribution in [-0.4, -0.2) is 63.3 Å². The van der Waals surface area contributed by atoms with Crippen molar-refractivity contribution < 1.29 is 4.74 Å². The molecule has 2 unspecified atom stereocenters. The molecule has 0 amide bonds. The van der Waals surface area contributed by atoms with E-state index in [4.69, 9.17) is 4.74 Å². The van der Waals surface area contributed by atoms with Gasteiger partial charge in [0.05, 0.1) is 6.61 Å². The molecule has 0 bridgehead atoms. The summed E-state index contributed by atoms with van der Waals surface area (Å²) in [4.78, 5) is 2.41. The van der Waals surface area contributed by atoms with Gasteiger partial charge in [-0.15, -0.1) is 0 Å². The first-order valence-corrected chi connectivity index (χ1v) is 6.91. The molecular formula is C11H26N2OS. The fraction of sp³-hybridized carbons (Fsp3) is 1.00. The second kappa shape index (κ2) is 9.46. The van der Waals surface area contributed by atoms with Crippen molar-refractivity contribution in [3.05, 3.63) is 0 Å². The molecule has 0 spiro atoms. The van der Waals surface area contributed by atoms with Crippen molar-refractivity contribution in [2.45, 2.75) is 25.4 Å². The highest BCUT2D eigenvalue weighted by atomic mass is 32.2. The van der Waals surface area contributed by atoms with Gasteiger partial charge in [-0.2, -0.15) is 11.8 Å². The topological polar surface area (TPSA) is 24.5 Å². The Morgan fingerprint density at radius 3 is 2.60 bits per heavy atom. The molecule has 4 heteroatoms. The van der Waals surface area contributed by atoms with Crippen molar-refractivity contribution in [1.29, 1.82) is 0 Å². The first-order valence-electron chi connectivity index (χ1n) is 5.51. The predicted molar refractivity (Wildman–Crippen MR) is 69.8 cm³/mol. The van der Waals surface area contributed by atoms with Crippen molar-refractivity contribution in [2.75, 3.05) is 46.4 Å². The molecule has 15 heavy (non-hydrogen) atoms. The van der Waals surface area contributed by atoms with Crippen LogP contribution >= 0.6 is 11.8 Å². The summed E-state index contributed by atoms with van der Waals surface area (Å²) >= 11 is 1.91. The van der Waals surface area contributed by atoms with E-state index in [0.717, 1.165) is 13.2 Å². The average Bonchev–Trinajstić information content (AvgIpc) is 2.24. The summed E-state index contributed by atoms with van der Waals surface area (Å²) in [6.07, 6.45) is 3.40. The van der Waals surface area contributed by atoms with Gasteiger partial charge in [0.15, 0.2) is 0 Å². The van der Waals surface area contributed by atoms with Crippen LogP contribution in [0.3, 0.4) is 0 Å². The van der Waals surface area contributed by atoms with Crippen LogP contribution in [0.15, 0.2) is 0 Å². The summed E-state index contributed by atoms with van der Waals surface area (Å²) in [5.41, 5.74) is 0. The Hall–Kier alpha value is 0.230. The number of nitrogens with zero attached hydrogens (tertiary/aromatic N) is 1. The van der Waals surface area contributed by atoms with Crippen LogP contribution in [0.5, 0.6) is 0 Å². The van der Waals surface area contributed by atoms with E-state index in [0.29, 0.717) is 12.1 Å². The largest absolute Gasteiger partial charge is 0.383 e. The molecular weight excluding hydrogens is 208 g/mol. The van der Waals surface area contributed by atoms with Crippen LogP contribution < -0.4 is 5.32 Å². The van der Waals surface area contributed by atoms with Crippen LogP contribution in [0, 0.1) is 0 Å². The van der Waals surface area contributed by atoms with Gasteiger partial charge in [-0.05, 0) is 39.4 Å². The van der Waals surface area contributed by atoms with Crippen molar-refractivity contribution in [2.24, 2.45) is 0 Å². The molecule has 0 aromatic carbocycles. The lowest BCUT2D eigenvalue weighted by molar-refractivity contribution is 0.0840. The Balaban J connectivity index is 4.02. The normalized spacial score (nSPS) is 15.6. The molecule has 0 aliphatic carbocycles. The van der Waals surface area contributed by atoms with Crippen LogP contribution in [0.2, 0.25) is 0 Å². The molecule has 92 valence electrons. The Morgan fingerprint density at radius 2 is 2.13 bits per heavy atom. The van der Waals surface area contributed by atoms with Crippen LogP contribution in [-0.2, 0) is 4.74 Å². The van der Waals surface area contributed by atoms with Gasteiger partial charge in [-0.25, -0.2) is 0 Å². The molecule has 0 aromatic heterocycles. The maximum atomic E-state index is 5.25. The van der Waals surface area contributed by atoms with Crippen LogP contribution in [0.4, 0.5) is 0 Å². The van der Waals surface area contributed by atoms with E-state index in [9.17, 15) is 0 Å². The zero-order valence-corrected chi connectivity index (χ0v) is 11.6. The first kappa shape index (κ1) is 15.2. The van der Waals surface area contributed by atoms with E-state index >= 15 is 0 Å². The average molecular weight is 234 g/mol. The standard InChI is InChI=1S/C11H26N2OS/c1-10(6-7-15-5)13(3)11(8-12-2)9-14-4/h10-12H,6-9H2,1-5H3. The molecule has 2 atom stereocenters. The van der Waals surface area contributed by atoms with Gasteiger partial charge in [0, 0.05) is 25.7 Å². The summed E-state index contributed by atoms with van der Waals surface area (Å²) in [6, 6.07) is 1.09. The lowest BCUT2D eigenvalue weighted by atomic mass is 10.1. The van der Waals surface area contributed by atoms with Gasteiger partial charge in [-0.1, -0.05) is 0 Å². The number of ether oxygens (including phenoxy) is 1. The second-order valence-electron chi connectivity index (χ2n) is 3.96. The van der Waals surface area contributed by atoms with Crippen LogP contribution in [0.1, 0.15) is 13.3 Å². The molecule has 0 radical (unpaired) electrons. The van der Waals surface area contributed by atoms with Gasteiger partial charge >= 0.3 is 0 Å². The van der Waals surface area contributed by atoms with Gasteiger partial charge in [0.25, 0.3) is 0 Å². The smallest absolute Gasteiger partial charge is 0.0630 e. The van der Waals surface area contributed by atoms with Crippen molar-refractivity contribution >= 4 is 11.8 Å². The second-order valence-corrected chi connectivity index (χ2v) is 4.95. The minimum absolute atomic E-state index is 0.469. The van der Waals surface area contributed by atoms with Gasteiger partial charge < -0.3 is 10.1 Å². The Labute approximate surface area is 98.9 Å². The lowest BCUT2D eigenvalue weighted by Crippen LogP contribution is -2.46. The number of rotatable bonds is 9. The van der Waals surface area contributed by atoms with E-state index in [2.05, 4.69) is 30.4 Å². The van der Waals surface area contributed by atoms with Gasteiger partial charge in [0.2, 0.25) is 0 Å². The fourth-order valence-corrected chi connectivity index (χ4v) is 2.18. The van der Waals surface area contributed by atoms with E-state index in [1.54, 1.807) is 7.11 Å². The number of hydrogen-bond donors (Lipinski definition) is 1.